The van der Waals surface area contributed by atoms with Crippen LogP contribution >= 0.6 is 0 Å². The molecule has 2 nitrogen and oxygen atoms in total. The molecule has 0 radical (unpaired) electrons. The van der Waals surface area contributed by atoms with E-state index in [2.05, 4.69) is 38.1 Å². The van der Waals surface area contributed by atoms with Gasteiger partial charge in [-0.15, -0.1) is 0 Å². The Bertz CT molecular complexity index is 666. The van der Waals surface area contributed by atoms with Gasteiger partial charge in [-0.3, -0.25) is 0 Å². The van der Waals surface area contributed by atoms with Crippen molar-refractivity contribution in [1.29, 1.82) is 5.26 Å². The summed E-state index contributed by atoms with van der Waals surface area (Å²) in [7, 11) is 0. The first kappa shape index (κ1) is 14.1. The molecular weight excluding hydrogens is 246 g/mol. The van der Waals surface area contributed by atoms with Crippen molar-refractivity contribution in [1.82, 2.24) is 0 Å². The molecule has 2 aromatic carbocycles. The van der Waals surface area contributed by atoms with E-state index in [0.29, 0.717) is 11.3 Å². The van der Waals surface area contributed by atoms with Gasteiger partial charge in [0.15, 0.2) is 0 Å². The van der Waals surface area contributed by atoms with Gasteiger partial charge in [0.1, 0.15) is 11.8 Å². The van der Waals surface area contributed by atoms with Gasteiger partial charge in [-0.05, 0) is 56.5 Å². The van der Waals surface area contributed by atoms with Gasteiger partial charge in [0.05, 0.1) is 11.7 Å². The Morgan fingerprint density at radius 1 is 1.05 bits per heavy atom. The van der Waals surface area contributed by atoms with Gasteiger partial charge in [-0.2, -0.15) is 5.26 Å². The summed E-state index contributed by atoms with van der Waals surface area (Å²) in [6, 6.07) is 14.4. The number of nitrogens with zero attached hydrogens (tertiary/aromatic N) is 1. The van der Waals surface area contributed by atoms with Crippen LogP contribution in [0, 0.1) is 25.2 Å². The van der Waals surface area contributed by atoms with Gasteiger partial charge in [-0.25, -0.2) is 0 Å². The van der Waals surface area contributed by atoms with Crippen molar-refractivity contribution in [2.75, 3.05) is 0 Å². The van der Waals surface area contributed by atoms with Gasteiger partial charge in [0.25, 0.3) is 0 Å². The van der Waals surface area contributed by atoms with E-state index in [-0.39, 0.29) is 6.10 Å². The third-order valence-electron chi connectivity index (χ3n) is 3.17. The molecular formula is C18H19NO. The zero-order chi connectivity index (χ0) is 14.7. The molecule has 2 aromatic rings. The van der Waals surface area contributed by atoms with Gasteiger partial charge < -0.3 is 4.74 Å². The van der Waals surface area contributed by atoms with Crippen LogP contribution < -0.4 is 4.74 Å². The van der Waals surface area contributed by atoms with Crippen molar-refractivity contribution < 1.29 is 4.74 Å². The van der Waals surface area contributed by atoms with Crippen LogP contribution in [0.2, 0.25) is 0 Å². The molecule has 0 bridgehead atoms. The number of rotatable bonds is 3. The molecule has 20 heavy (non-hydrogen) atoms. The predicted molar refractivity (Wildman–Crippen MR) is 81.8 cm³/mol. The first-order valence-corrected chi connectivity index (χ1v) is 6.79. The van der Waals surface area contributed by atoms with Crippen LogP contribution in [-0.4, -0.2) is 6.10 Å². The van der Waals surface area contributed by atoms with Gasteiger partial charge in [0.2, 0.25) is 0 Å². The molecule has 2 heteroatoms. The highest BCUT2D eigenvalue weighted by atomic mass is 16.5. The minimum Gasteiger partial charge on any atom is -0.490 e. The lowest BCUT2D eigenvalue weighted by atomic mass is 9.97. The lowest BCUT2D eigenvalue weighted by Crippen LogP contribution is -2.06. The fraction of sp³-hybridized carbons (Fsp3) is 0.278. The van der Waals surface area contributed by atoms with E-state index in [9.17, 15) is 5.26 Å². The molecule has 0 N–H and O–H groups in total. The minimum atomic E-state index is 0.0636. The molecule has 0 aromatic heterocycles. The fourth-order valence-electron chi connectivity index (χ4n) is 2.19. The minimum absolute atomic E-state index is 0.0636. The van der Waals surface area contributed by atoms with Crippen LogP contribution in [-0.2, 0) is 0 Å². The molecule has 0 saturated heterocycles. The van der Waals surface area contributed by atoms with E-state index in [1.54, 1.807) is 0 Å². The topological polar surface area (TPSA) is 33.0 Å². The molecule has 0 aliphatic rings. The second-order valence-corrected chi connectivity index (χ2v) is 5.31. The number of aryl methyl sites for hydroxylation is 2. The molecule has 0 amide bonds. The third kappa shape index (κ3) is 3.00. The smallest absolute Gasteiger partial charge is 0.137 e. The summed E-state index contributed by atoms with van der Waals surface area (Å²) in [5.41, 5.74) is 5.22. The van der Waals surface area contributed by atoms with Crippen LogP contribution in [0.25, 0.3) is 11.1 Å². The lowest BCUT2D eigenvalue weighted by Gasteiger charge is -2.13. The maximum atomic E-state index is 9.30. The van der Waals surface area contributed by atoms with Crippen molar-refractivity contribution in [2.24, 2.45) is 0 Å². The Balaban J connectivity index is 2.49. The summed E-state index contributed by atoms with van der Waals surface area (Å²) in [5.74, 6) is 0.650. The highest BCUT2D eigenvalue weighted by Crippen LogP contribution is 2.29. The highest BCUT2D eigenvalue weighted by molar-refractivity contribution is 5.70. The molecule has 0 aliphatic heterocycles. The monoisotopic (exact) mass is 265 g/mol. The number of hydrogen-bond acceptors (Lipinski definition) is 2. The largest absolute Gasteiger partial charge is 0.490 e. The van der Waals surface area contributed by atoms with Crippen LogP contribution in [0.1, 0.15) is 30.5 Å². The van der Waals surface area contributed by atoms with E-state index < -0.39 is 0 Å². The molecule has 0 fully saturated rings. The maximum absolute atomic E-state index is 9.30. The van der Waals surface area contributed by atoms with E-state index in [1.165, 1.54) is 11.1 Å². The Labute approximate surface area is 120 Å². The van der Waals surface area contributed by atoms with Crippen molar-refractivity contribution >= 4 is 0 Å². The van der Waals surface area contributed by atoms with Crippen LogP contribution in [0.3, 0.4) is 0 Å². The van der Waals surface area contributed by atoms with E-state index in [1.807, 2.05) is 32.0 Å². The van der Waals surface area contributed by atoms with Crippen LogP contribution in [0.5, 0.6) is 5.75 Å². The number of nitriles is 1. The van der Waals surface area contributed by atoms with Gasteiger partial charge >= 0.3 is 0 Å². The highest BCUT2D eigenvalue weighted by Gasteiger charge is 2.09. The summed E-state index contributed by atoms with van der Waals surface area (Å²) in [6.07, 6.45) is 0.0636. The Kier molecular flexibility index (Phi) is 4.10. The van der Waals surface area contributed by atoms with Crippen molar-refractivity contribution in [3.05, 3.63) is 53.1 Å². The zero-order valence-electron chi connectivity index (χ0n) is 12.4. The molecule has 0 spiro atoms. The zero-order valence-corrected chi connectivity index (χ0v) is 12.4. The Morgan fingerprint density at radius 2 is 1.80 bits per heavy atom. The SMILES string of the molecule is Cc1ccc(C)c(-c2ccc(OC(C)C)c(C#N)c2)c1. The first-order valence-electron chi connectivity index (χ1n) is 6.79. The van der Waals surface area contributed by atoms with E-state index in [0.717, 1.165) is 11.1 Å². The quantitative estimate of drug-likeness (QED) is 0.810. The first-order chi connectivity index (χ1) is 9.51. The van der Waals surface area contributed by atoms with Gasteiger partial charge in [-0.1, -0.05) is 29.8 Å². The Hall–Kier alpha value is -2.27. The third-order valence-corrected chi connectivity index (χ3v) is 3.17. The van der Waals surface area contributed by atoms with Crippen LogP contribution in [0.4, 0.5) is 0 Å². The number of benzene rings is 2. The summed E-state index contributed by atoms with van der Waals surface area (Å²) >= 11 is 0. The summed E-state index contributed by atoms with van der Waals surface area (Å²) in [6.45, 7) is 8.07. The molecule has 2 rings (SSSR count). The average molecular weight is 265 g/mol. The lowest BCUT2D eigenvalue weighted by molar-refractivity contribution is 0.242. The normalized spacial score (nSPS) is 10.4. The van der Waals surface area contributed by atoms with E-state index in [4.69, 9.17) is 4.74 Å². The summed E-state index contributed by atoms with van der Waals surface area (Å²) < 4.78 is 5.66. The average Bonchev–Trinajstić information content (AvgIpc) is 2.41. The van der Waals surface area contributed by atoms with Crippen molar-refractivity contribution in [3.8, 4) is 22.9 Å². The molecule has 102 valence electrons. The Morgan fingerprint density at radius 3 is 2.45 bits per heavy atom. The fourth-order valence-corrected chi connectivity index (χ4v) is 2.19. The second-order valence-electron chi connectivity index (χ2n) is 5.31. The molecule has 0 saturated carbocycles. The summed E-state index contributed by atoms with van der Waals surface area (Å²) in [4.78, 5) is 0. The number of hydrogen-bond donors (Lipinski definition) is 0. The van der Waals surface area contributed by atoms with E-state index >= 15 is 0 Å². The standard InChI is InChI=1S/C18H19NO/c1-12(2)20-18-8-7-15(10-16(18)11-19)17-9-13(3)5-6-14(17)4/h5-10,12H,1-4H3. The molecule has 0 atom stereocenters. The number of ether oxygens (including phenoxy) is 1. The van der Waals surface area contributed by atoms with Gasteiger partial charge in [0, 0.05) is 0 Å². The van der Waals surface area contributed by atoms with Crippen LogP contribution in [0.15, 0.2) is 36.4 Å². The maximum Gasteiger partial charge on any atom is 0.137 e. The van der Waals surface area contributed by atoms with Crippen molar-refractivity contribution in [3.63, 3.8) is 0 Å². The molecule has 0 aliphatic carbocycles. The van der Waals surface area contributed by atoms with Crippen molar-refractivity contribution in [2.45, 2.75) is 33.8 Å². The molecule has 0 heterocycles. The predicted octanol–water partition coefficient (Wildman–Crippen LogP) is 4.63. The second kappa shape index (κ2) is 5.79. The molecule has 0 unspecified atom stereocenters. The summed E-state index contributed by atoms with van der Waals surface area (Å²) in [5, 5.41) is 9.30.